The third-order valence-corrected chi connectivity index (χ3v) is 3.53. The van der Waals surface area contributed by atoms with Gasteiger partial charge in [0.2, 0.25) is 0 Å². The second-order valence-corrected chi connectivity index (χ2v) is 4.93. The number of nitrogens with one attached hydrogen (secondary N) is 1. The van der Waals surface area contributed by atoms with Crippen molar-refractivity contribution in [1.82, 2.24) is 4.57 Å². The number of carbonyl (C=O) groups is 1. The van der Waals surface area contributed by atoms with Crippen LogP contribution in [0.1, 0.15) is 10.4 Å². The average molecular weight is 317 g/mol. The van der Waals surface area contributed by atoms with Crippen molar-refractivity contribution < 1.29 is 39.5 Å². The van der Waals surface area contributed by atoms with Gasteiger partial charge in [-0.25, -0.2) is 0 Å². The largest absolute Gasteiger partial charge is 1.00 e. The second-order valence-electron chi connectivity index (χ2n) is 4.93. The number of benzene rings is 2. The number of pyridine rings is 1. The van der Waals surface area contributed by atoms with E-state index < -0.39 is 11.5 Å². The summed E-state index contributed by atoms with van der Waals surface area (Å²) >= 11 is 0. The number of rotatable bonds is 2. The van der Waals surface area contributed by atoms with Crippen molar-refractivity contribution in [3.8, 4) is 5.75 Å². The maximum atomic E-state index is 12.4. The number of hydrogen-bond donors (Lipinski definition) is 2. The van der Waals surface area contributed by atoms with Gasteiger partial charge in [-0.2, -0.15) is 0 Å². The van der Waals surface area contributed by atoms with Gasteiger partial charge in [0.15, 0.2) is 0 Å². The third kappa shape index (κ3) is 3.17. The monoisotopic (exact) mass is 317 g/mol. The number of aromatic hydroxyl groups is 1. The van der Waals surface area contributed by atoms with E-state index in [1.807, 2.05) is 6.07 Å². The molecule has 0 aliphatic rings. The minimum atomic E-state index is -0.630. The van der Waals surface area contributed by atoms with Crippen LogP contribution in [0.4, 0.5) is 5.69 Å². The molecule has 0 aliphatic heterocycles. The van der Waals surface area contributed by atoms with Crippen LogP contribution in [0.5, 0.6) is 5.75 Å². The van der Waals surface area contributed by atoms with Crippen molar-refractivity contribution >= 4 is 22.5 Å². The molecule has 6 heteroatoms. The molecule has 23 heavy (non-hydrogen) atoms. The standard InChI is InChI=1S/C17H14N2O3.Na/c1-19-13-10-6-5-9-12(13)15(20)14(17(19)22)16(21)18-11-7-3-2-4-8-11;/h2-10,20H,1H3,(H,18,21);/q;+1. The van der Waals surface area contributed by atoms with Crippen molar-refractivity contribution in [3.05, 3.63) is 70.5 Å². The quantitative estimate of drug-likeness (QED) is 0.626. The van der Waals surface area contributed by atoms with Gasteiger partial charge in [-0.3, -0.25) is 9.59 Å². The van der Waals surface area contributed by atoms with Gasteiger partial charge in [-0.1, -0.05) is 30.3 Å². The molecular weight excluding hydrogens is 303 g/mol. The minimum Gasteiger partial charge on any atom is -0.506 e. The van der Waals surface area contributed by atoms with E-state index in [0.29, 0.717) is 16.6 Å². The van der Waals surface area contributed by atoms with Gasteiger partial charge < -0.3 is 15.0 Å². The van der Waals surface area contributed by atoms with Gasteiger partial charge in [0.1, 0.15) is 11.3 Å². The average Bonchev–Trinajstić information content (AvgIpc) is 2.54. The van der Waals surface area contributed by atoms with Crippen molar-refractivity contribution in [1.29, 1.82) is 0 Å². The zero-order valence-electron chi connectivity index (χ0n) is 12.9. The first-order chi connectivity index (χ1) is 10.6. The van der Waals surface area contributed by atoms with Crippen molar-refractivity contribution in [2.24, 2.45) is 7.05 Å². The number of hydrogen-bond acceptors (Lipinski definition) is 3. The fourth-order valence-electron chi connectivity index (χ4n) is 2.40. The number of nitrogens with zero attached hydrogens (tertiary/aromatic N) is 1. The first kappa shape index (κ1) is 17.3. The minimum absolute atomic E-state index is 0. The number of carbonyl (C=O) groups excluding carboxylic acids is 1. The van der Waals surface area contributed by atoms with E-state index in [1.165, 1.54) is 4.57 Å². The van der Waals surface area contributed by atoms with Crippen molar-refractivity contribution in [3.63, 3.8) is 0 Å². The van der Waals surface area contributed by atoms with Gasteiger partial charge in [0, 0.05) is 18.1 Å². The molecule has 0 bridgehead atoms. The summed E-state index contributed by atoms with van der Waals surface area (Å²) in [6, 6.07) is 15.7. The van der Waals surface area contributed by atoms with Crippen LogP contribution < -0.4 is 40.4 Å². The summed E-state index contributed by atoms with van der Waals surface area (Å²) in [5.41, 5.74) is 0.332. The zero-order chi connectivity index (χ0) is 15.7. The van der Waals surface area contributed by atoms with Crippen LogP contribution in [0, 0.1) is 0 Å². The van der Waals surface area contributed by atoms with Crippen LogP contribution in [-0.2, 0) is 7.05 Å². The van der Waals surface area contributed by atoms with Crippen molar-refractivity contribution in [2.75, 3.05) is 5.32 Å². The molecule has 3 rings (SSSR count). The Morgan fingerprint density at radius 1 is 1.04 bits per heavy atom. The maximum Gasteiger partial charge on any atom is 1.00 e. The Morgan fingerprint density at radius 2 is 1.65 bits per heavy atom. The number of fused-ring (bicyclic) bond motifs is 1. The Bertz CT molecular complexity index is 920. The summed E-state index contributed by atoms with van der Waals surface area (Å²) in [5, 5.41) is 13.4. The maximum absolute atomic E-state index is 12.4. The molecule has 0 saturated carbocycles. The summed E-state index contributed by atoms with van der Waals surface area (Å²) in [7, 11) is 1.57. The summed E-state index contributed by atoms with van der Waals surface area (Å²) in [6.07, 6.45) is 0. The Morgan fingerprint density at radius 3 is 2.35 bits per heavy atom. The molecule has 0 spiro atoms. The van der Waals surface area contributed by atoms with E-state index in [0.717, 1.165) is 0 Å². The van der Waals surface area contributed by atoms with Gasteiger partial charge in [-0.05, 0) is 24.3 Å². The van der Waals surface area contributed by atoms with Crippen LogP contribution in [0.15, 0.2) is 59.4 Å². The molecule has 0 radical (unpaired) electrons. The number of para-hydroxylation sites is 2. The van der Waals surface area contributed by atoms with E-state index in [-0.39, 0.29) is 40.9 Å². The number of amides is 1. The molecule has 0 aliphatic carbocycles. The first-order valence-electron chi connectivity index (χ1n) is 6.76. The van der Waals surface area contributed by atoms with Gasteiger partial charge in [0.05, 0.1) is 5.52 Å². The molecule has 0 fully saturated rings. The molecule has 110 valence electrons. The molecule has 0 unspecified atom stereocenters. The zero-order valence-corrected chi connectivity index (χ0v) is 14.9. The van der Waals surface area contributed by atoms with E-state index in [2.05, 4.69) is 5.32 Å². The van der Waals surface area contributed by atoms with E-state index in [9.17, 15) is 14.7 Å². The van der Waals surface area contributed by atoms with Gasteiger partial charge in [0.25, 0.3) is 11.5 Å². The fraction of sp³-hybridized carbons (Fsp3) is 0.0588. The summed E-state index contributed by atoms with van der Waals surface area (Å²) in [5.74, 6) is -0.929. The van der Waals surface area contributed by atoms with Crippen LogP contribution >= 0.6 is 0 Å². The summed E-state index contributed by atoms with van der Waals surface area (Å²) in [6.45, 7) is 0. The topological polar surface area (TPSA) is 71.3 Å². The Balaban J connectivity index is 0.00000192. The van der Waals surface area contributed by atoms with Crippen LogP contribution in [0.3, 0.4) is 0 Å². The number of anilines is 1. The van der Waals surface area contributed by atoms with Crippen LogP contribution in [0.25, 0.3) is 10.9 Å². The molecule has 5 nitrogen and oxygen atoms in total. The molecule has 1 amide bonds. The normalized spacial score (nSPS) is 10.1. The number of aromatic nitrogens is 1. The van der Waals surface area contributed by atoms with E-state index in [4.69, 9.17) is 0 Å². The van der Waals surface area contributed by atoms with E-state index >= 15 is 0 Å². The molecule has 1 aromatic heterocycles. The third-order valence-electron chi connectivity index (χ3n) is 3.53. The fourth-order valence-corrected chi connectivity index (χ4v) is 2.40. The molecule has 2 N–H and O–H groups in total. The molecular formula is C17H14N2NaO3+. The predicted octanol–water partition coefficient (Wildman–Crippen LogP) is -0.500. The number of aryl methyl sites for hydroxylation is 1. The second kappa shape index (κ2) is 7.00. The summed E-state index contributed by atoms with van der Waals surface area (Å²) in [4.78, 5) is 24.7. The first-order valence-corrected chi connectivity index (χ1v) is 6.76. The summed E-state index contributed by atoms with van der Waals surface area (Å²) < 4.78 is 1.36. The van der Waals surface area contributed by atoms with Crippen LogP contribution in [0.2, 0.25) is 0 Å². The van der Waals surface area contributed by atoms with E-state index in [1.54, 1.807) is 55.6 Å². The molecule has 2 aromatic carbocycles. The molecule has 1 heterocycles. The molecule has 0 saturated heterocycles. The Kier molecular flexibility index (Phi) is 5.26. The van der Waals surface area contributed by atoms with Crippen LogP contribution in [-0.4, -0.2) is 15.6 Å². The molecule has 0 atom stereocenters. The smallest absolute Gasteiger partial charge is 0.506 e. The Labute approximate surface area is 154 Å². The van der Waals surface area contributed by atoms with Gasteiger partial charge in [-0.15, -0.1) is 0 Å². The van der Waals surface area contributed by atoms with Crippen molar-refractivity contribution in [2.45, 2.75) is 0 Å². The van der Waals surface area contributed by atoms with Gasteiger partial charge >= 0.3 is 29.6 Å². The SMILES string of the molecule is Cn1c(=O)c(C(=O)Nc2ccccc2)c(O)c2ccccc21.[Na+]. The molecule has 3 aromatic rings. The predicted molar refractivity (Wildman–Crippen MR) is 85.2 cm³/mol. The Hall–Kier alpha value is -2.08.